The van der Waals surface area contributed by atoms with E-state index in [9.17, 15) is 0 Å². The molecule has 0 saturated carbocycles. The van der Waals surface area contributed by atoms with Gasteiger partial charge in [0.05, 0.1) is 0 Å². The molecule has 100 valence electrons. The van der Waals surface area contributed by atoms with Gasteiger partial charge >= 0.3 is 0 Å². The number of aromatic nitrogens is 3. The first-order chi connectivity index (χ1) is 9.30. The highest BCUT2D eigenvalue weighted by atomic mass is 32.2. The zero-order chi connectivity index (χ0) is 13.2. The predicted octanol–water partition coefficient (Wildman–Crippen LogP) is 2.75. The fourth-order valence-electron chi connectivity index (χ4n) is 2.14. The Balaban J connectivity index is 1.91. The molecule has 0 unspecified atom stereocenters. The summed E-state index contributed by atoms with van der Waals surface area (Å²) in [7, 11) is 0. The molecule has 0 amide bonds. The molecular formula is C12H14N4S3. The Kier molecular flexibility index (Phi) is 4.07. The van der Waals surface area contributed by atoms with Crippen LogP contribution in [0.15, 0.2) is 19.8 Å². The van der Waals surface area contributed by atoms with E-state index in [0.29, 0.717) is 6.54 Å². The lowest BCUT2D eigenvalue weighted by Crippen LogP contribution is -2.03. The molecule has 0 bridgehead atoms. The number of hydrogen-bond acceptors (Lipinski definition) is 7. The summed E-state index contributed by atoms with van der Waals surface area (Å²) >= 11 is 4.80. The summed E-state index contributed by atoms with van der Waals surface area (Å²) < 4.78 is 1.92. The fourth-order valence-corrected chi connectivity index (χ4v) is 4.62. The molecule has 0 spiro atoms. The topological polar surface area (TPSA) is 64.7 Å². The highest BCUT2D eigenvalue weighted by molar-refractivity contribution is 8.03. The van der Waals surface area contributed by atoms with Crippen LogP contribution in [0.2, 0.25) is 0 Å². The molecule has 0 saturated heterocycles. The Hall–Kier alpha value is -0.630. The van der Waals surface area contributed by atoms with Gasteiger partial charge < -0.3 is 5.73 Å². The number of fused-ring (bicyclic) bond motifs is 1. The van der Waals surface area contributed by atoms with Gasteiger partial charge in [0.1, 0.15) is 5.03 Å². The average Bonchev–Trinajstić information content (AvgIpc) is 3.06. The predicted molar refractivity (Wildman–Crippen MR) is 80.0 cm³/mol. The van der Waals surface area contributed by atoms with E-state index >= 15 is 0 Å². The van der Waals surface area contributed by atoms with Crippen LogP contribution in [0.1, 0.15) is 23.2 Å². The summed E-state index contributed by atoms with van der Waals surface area (Å²) in [6, 6.07) is 2.22. The third kappa shape index (κ3) is 2.79. The third-order valence-corrected chi connectivity index (χ3v) is 6.05. The Bertz CT molecular complexity index is 597. The van der Waals surface area contributed by atoms with Gasteiger partial charge in [0.15, 0.2) is 8.68 Å². The molecule has 2 N–H and O–H groups in total. The van der Waals surface area contributed by atoms with Crippen LogP contribution in [-0.4, -0.2) is 21.4 Å². The second kappa shape index (κ2) is 5.78. The van der Waals surface area contributed by atoms with Gasteiger partial charge in [-0.25, -0.2) is 4.98 Å². The van der Waals surface area contributed by atoms with E-state index in [4.69, 9.17) is 10.7 Å². The van der Waals surface area contributed by atoms with Crippen LogP contribution >= 0.6 is 34.9 Å². The Morgan fingerprint density at radius 3 is 2.89 bits per heavy atom. The number of hydrogen-bond donors (Lipinski definition) is 1. The lowest BCUT2D eigenvalue weighted by atomic mass is 10.1. The molecule has 1 aliphatic rings. The minimum Gasteiger partial charge on any atom is -0.326 e. The van der Waals surface area contributed by atoms with Crippen molar-refractivity contribution in [3.8, 4) is 0 Å². The van der Waals surface area contributed by atoms with Crippen LogP contribution < -0.4 is 5.73 Å². The van der Waals surface area contributed by atoms with Crippen molar-refractivity contribution < 1.29 is 0 Å². The summed E-state index contributed by atoms with van der Waals surface area (Å²) in [5.74, 6) is 0. The lowest BCUT2D eigenvalue weighted by Gasteiger charge is -2.08. The summed E-state index contributed by atoms with van der Waals surface area (Å²) in [4.78, 5) is 4.77. The molecular weight excluding hydrogens is 296 g/mol. The van der Waals surface area contributed by atoms with Crippen molar-refractivity contribution >= 4 is 34.9 Å². The maximum atomic E-state index is 5.84. The molecule has 7 heteroatoms. The molecule has 19 heavy (non-hydrogen) atoms. The van der Waals surface area contributed by atoms with E-state index in [1.54, 1.807) is 34.9 Å². The van der Waals surface area contributed by atoms with Gasteiger partial charge in [0.2, 0.25) is 0 Å². The van der Waals surface area contributed by atoms with Crippen molar-refractivity contribution in [1.29, 1.82) is 0 Å². The quantitative estimate of drug-likeness (QED) is 0.876. The van der Waals surface area contributed by atoms with Crippen molar-refractivity contribution in [3.63, 3.8) is 0 Å². The molecule has 2 aromatic heterocycles. The first kappa shape index (κ1) is 13.4. The highest BCUT2D eigenvalue weighted by Gasteiger charge is 2.17. The van der Waals surface area contributed by atoms with Crippen molar-refractivity contribution in [1.82, 2.24) is 15.2 Å². The number of nitrogens with two attached hydrogens (primary N) is 1. The molecule has 2 heterocycles. The van der Waals surface area contributed by atoms with E-state index in [0.717, 1.165) is 32.1 Å². The minimum atomic E-state index is 0.525. The van der Waals surface area contributed by atoms with Gasteiger partial charge in [-0.2, -0.15) is 0 Å². The van der Waals surface area contributed by atoms with Crippen LogP contribution in [0.5, 0.6) is 0 Å². The second-order valence-electron chi connectivity index (χ2n) is 4.26. The number of nitrogens with zero attached hydrogens (tertiary/aromatic N) is 3. The van der Waals surface area contributed by atoms with Gasteiger partial charge in [0, 0.05) is 12.2 Å². The zero-order valence-corrected chi connectivity index (χ0v) is 13.0. The van der Waals surface area contributed by atoms with Crippen LogP contribution in [-0.2, 0) is 19.4 Å². The second-order valence-corrected chi connectivity index (χ2v) is 7.52. The van der Waals surface area contributed by atoms with E-state index in [-0.39, 0.29) is 0 Å². The van der Waals surface area contributed by atoms with E-state index in [1.807, 2.05) is 6.26 Å². The lowest BCUT2D eigenvalue weighted by molar-refractivity contribution is 0.883. The van der Waals surface area contributed by atoms with Gasteiger partial charge in [-0.1, -0.05) is 29.2 Å². The molecule has 0 radical (unpaired) electrons. The molecule has 3 rings (SSSR count). The standard InChI is InChI=1S/C12H14N4S3/c1-17-11-15-16-12(19-11)18-10-8(6-13)5-7-3-2-4-9(7)14-10/h5H,2-4,6,13H2,1H3. The van der Waals surface area contributed by atoms with Crippen LogP contribution in [0.3, 0.4) is 0 Å². The van der Waals surface area contributed by atoms with Crippen molar-refractivity contribution in [2.45, 2.75) is 39.5 Å². The fraction of sp³-hybridized carbons (Fsp3) is 0.417. The normalized spacial score (nSPS) is 13.8. The first-order valence-corrected chi connectivity index (χ1v) is 8.93. The largest absolute Gasteiger partial charge is 0.326 e. The van der Waals surface area contributed by atoms with Crippen LogP contribution in [0.4, 0.5) is 0 Å². The molecule has 0 aliphatic heterocycles. The third-order valence-electron chi connectivity index (χ3n) is 3.06. The van der Waals surface area contributed by atoms with Gasteiger partial charge in [-0.15, -0.1) is 10.2 Å². The summed E-state index contributed by atoms with van der Waals surface area (Å²) in [5.41, 5.74) is 9.56. The van der Waals surface area contributed by atoms with E-state index < -0.39 is 0 Å². The van der Waals surface area contributed by atoms with Gasteiger partial charge in [0.25, 0.3) is 0 Å². The highest BCUT2D eigenvalue weighted by Crippen LogP contribution is 2.35. The molecule has 0 fully saturated rings. The van der Waals surface area contributed by atoms with E-state index in [2.05, 4.69) is 16.3 Å². The molecule has 1 aliphatic carbocycles. The van der Waals surface area contributed by atoms with Gasteiger partial charge in [-0.3, -0.25) is 0 Å². The summed E-state index contributed by atoms with van der Waals surface area (Å²) in [5, 5.41) is 9.28. The summed E-state index contributed by atoms with van der Waals surface area (Å²) in [6.07, 6.45) is 5.43. The van der Waals surface area contributed by atoms with Crippen molar-refractivity contribution in [3.05, 3.63) is 22.9 Å². The number of thioether (sulfide) groups is 1. The minimum absolute atomic E-state index is 0.525. The Morgan fingerprint density at radius 1 is 1.32 bits per heavy atom. The van der Waals surface area contributed by atoms with Crippen molar-refractivity contribution in [2.24, 2.45) is 5.73 Å². The molecule has 0 aromatic carbocycles. The maximum Gasteiger partial charge on any atom is 0.181 e. The zero-order valence-electron chi connectivity index (χ0n) is 10.5. The molecule has 4 nitrogen and oxygen atoms in total. The Morgan fingerprint density at radius 2 is 2.16 bits per heavy atom. The number of aryl methyl sites for hydroxylation is 2. The van der Waals surface area contributed by atoms with Crippen molar-refractivity contribution in [2.75, 3.05) is 6.26 Å². The summed E-state index contributed by atoms with van der Waals surface area (Å²) in [6.45, 7) is 0.525. The van der Waals surface area contributed by atoms with Gasteiger partial charge in [-0.05, 0) is 48.4 Å². The maximum absolute atomic E-state index is 5.84. The number of rotatable bonds is 4. The average molecular weight is 310 g/mol. The monoisotopic (exact) mass is 310 g/mol. The number of pyridine rings is 1. The molecule has 0 atom stereocenters. The van der Waals surface area contributed by atoms with E-state index in [1.165, 1.54) is 17.7 Å². The van der Waals surface area contributed by atoms with Crippen LogP contribution in [0, 0.1) is 0 Å². The Labute approximate surface area is 124 Å². The smallest absolute Gasteiger partial charge is 0.181 e. The SMILES string of the molecule is CSc1nnc(Sc2nc3c(cc2CN)CCC3)s1. The molecule has 2 aromatic rings. The first-order valence-electron chi connectivity index (χ1n) is 6.07. The van der Waals surface area contributed by atoms with Crippen LogP contribution in [0.25, 0.3) is 0 Å².